The van der Waals surface area contributed by atoms with Gasteiger partial charge in [0.25, 0.3) is 5.91 Å². The van der Waals surface area contributed by atoms with Gasteiger partial charge in [0.05, 0.1) is 12.1 Å². The Hall–Kier alpha value is -1.36. The maximum absolute atomic E-state index is 12.5. The summed E-state index contributed by atoms with van der Waals surface area (Å²) in [7, 11) is 1.75. The van der Waals surface area contributed by atoms with E-state index < -0.39 is 6.10 Å². The SMILES string of the molecule is CCC(CC)n1nccc1C(=O)N(C)CC(O)C1CC1. The molecule has 1 aliphatic carbocycles. The molecule has 1 saturated carbocycles. The van der Waals surface area contributed by atoms with Crippen molar-refractivity contribution in [3.8, 4) is 0 Å². The van der Waals surface area contributed by atoms with Crippen LogP contribution >= 0.6 is 0 Å². The van der Waals surface area contributed by atoms with E-state index in [2.05, 4.69) is 18.9 Å². The van der Waals surface area contributed by atoms with Crippen LogP contribution in [0.2, 0.25) is 0 Å². The van der Waals surface area contributed by atoms with Crippen molar-refractivity contribution in [1.82, 2.24) is 14.7 Å². The van der Waals surface area contributed by atoms with E-state index in [0.717, 1.165) is 25.7 Å². The summed E-state index contributed by atoms with van der Waals surface area (Å²) in [6.07, 6.45) is 5.34. The molecule has 2 rings (SSSR count). The maximum Gasteiger partial charge on any atom is 0.271 e. The zero-order valence-electron chi connectivity index (χ0n) is 12.6. The molecule has 1 N–H and O–H groups in total. The number of carbonyl (C=O) groups is 1. The Balaban J connectivity index is 2.06. The van der Waals surface area contributed by atoms with Crippen LogP contribution < -0.4 is 0 Å². The Morgan fingerprint density at radius 1 is 1.50 bits per heavy atom. The van der Waals surface area contributed by atoms with Crippen molar-refractivity contribution < 1.29 is 9.90 Å². The number of likely N-dealkylation sites (N-methyl/N-ethyl adjacent to an activating group) is 1. The molecule has 5 heteroatoms. The van der Waals surface area contributed by atoms with Crippen molar-refractivity contribution in [2.75, 3.05) is 13.6 Å². The molecule has 1 amide bonds. The molecule has 0 spiro atoms. The van der Waals surface area contributed by atoms with Gasteiger partial charge >= 0.3 is 0 Å². The maximum atomic E-state index is 12.5. The third-order valence-electron chi connectivity index (χ3n) is 4.15. The summed E-state index contributed by atoms with van der Waals surface area (Å²) in [6.45, 7) is 4.60. The smallest absolute Gasteiger partial charge is 0.271 e. The van der Waals surface area contributed by atoms with Gasteiger partial charge < -0.3 is 10.0 Å². The minimum atomic E-state index is -0.395. The van der Waals surface area contributed by atoms with Gasteiger partial charge in [-0.25, -0.2) is 0 Å². The minimum absolute atomic E-state index is 0.0610. The zero-order valence-corrected chi connectivity index (χ0v) is 12.6. The van der Waals surface area contributed by atoms with Gasteiger partial charge in [0.15, 0.2) is 0 Å². The number of hydrogen-bond acceptors (Lipinski definition) is 3. The molecule has 0 bridgehead atoms. The van der Waals surface area contributed by atoms with Crippen molar-refractivity contribution in [2.45, 2.75) is 51.7 Å². The van der Waals surface area contributed by atoms with Gasteiger partial charge in [-0.15, -0.1) is 0 Å². The monoisotopic (exact) mass is 279 g/mol. The van der Waals surface area contributed by atoms with Crippen LogP contribution in [0, 0.1) is 5.92 Å². The molecule has 0 saturated heterocycles. The van der Waals surface area contributed by atoms with Gasteiger partial charge in [-0.2, -0.15) is 5.10 Å². The second-order valence-corrected chi connectivity index (χ2v) is 5.72. The van der Waals surface area contributed by atoms with Crippen molar-refractivity contribution in [1.29, 1.82) is 0 Å². The highest BCUT2D eigenvalue weighted by Crippen LogP contribution is 2.32. The van der Waals surface area contributed by atoms with Crippen molar-refractivity contribution in [2.24, 2.45) is 5.92 Å². The van der Waals surface area contributed by atoms with Gasteiger partial charge in [0.1, 0.15) is 5.69 Å². The van der Waals surface area contributed by atoms with Crippen LogP contribution in [0.5, 0.6) is 0 Å². The predicted molar refractivity (Wildman–Crippen MR) is 77.5 cm³/mol. The molecule has 0 aromatic carbocycles. The van der Waals surface area contributed by atoms with Gasteiger partial charge in [-0.3, -0.25) is 9.48 Å². The number of hydrogen-bond donors (Lipinski definition) is 1. The second kappa shape index (κ2) is 6.39. The molecular weight excluding hydrogens is 254 g/mol. The van der Waals surface area contributed by atoms with E-state index in [1.807, 2.05) is 4.68 Å². The fourth-order valence-electron chi connectivity index (χ4n) is 2.60. The van der Waals surface area contributed by atoms with E-state index in [4.69, 9.17) is 0 Å². The molecule has 1 unspecified atom stereocenters. The van der Waals surface area contributed by atoms with E-state index in [0.29, 0.717) is 18.2 Å². The van der Waals surface area contributed by atoms with Crippen LogP contribution in [0.3, 0.4) is 0 Å². The van der Waals surface area contributed by atoms with Crippen LogP contribution in [0.25, 0.3) is 0 Å². The van der Waals surface area contributed by atoms with E-state index in [1.54, 1.807) is 24.2 Å². The van der Waals surface area contributed by atoms with Crippen LogP contribution in [0.4, 0.5) is 0 Å². The number of aliphatic hydroxyl groups is 1. The first kappa shape index (κ1) is 15.0. The lowest BCUT2D eigenvalue weighted by atomic mass is 10.1. The molecule has 1 aromatic heterocycles. The summed E-state index contributed by atoms with van der Waals surface area (Å²) in [4.78, 5) is 14.1. The molecule has 112 valence electrons. The number of nitrogens with zero attached hydrogens (tertiary/aromatic N) is 3. The number of carbonyl (C=O) groups excluding carboxylic acids is 1. The number of amides is 1. The average Bonchev–Trinajstić information content (AvgIpc) is 3.19. The summed E-state index contributed by atoms with van der Waals surface area (Å²) in [5, 5.41) is 14.3. The zero-order chi connectivity index (χ0) is 14.7. The van der Waals surface area contributed by atoms with E-state index in [1.165, 1.54) is 0 Å². The molecule has 20 heavy (non-hydrogen) atoms. The first-order valence-electron chi connectivity index (χ1n) is 7.55. The Morgan fingerprint density at radius 3 is 2.70 bits per heavy atom. The molecule has 5 nitrogen and oxygen atoms in total. The highest BCUT2D eigenvalue weighted by Gasteiger charge is 2.31. The lowest BCUT2D eigenvalue weighted by Crippen LogP contribution is -2.36. The summed E-state index contributed by atoms with van der Waals surface area (Å²) in [6, 6.07) is 2.02. The van der Waals surface area contributed by atoms with E-state index >= 15 is 0 Å². The molecule has 0 aliphatic heterocycles. The largest absolute Gasteiger partial charge is 0.391 e. The molecule has 1 heterocycles. The number of aromatic nitrogens is 2. The predicted octanol–water partition coefficient (Wildman–Crippen LogP) is 2.09. The standard InChI is InChI=1S/C15H25N3O2/c1-4-12(5-2)18-13(8-9-16-18)15(20)17(3)10-14(19)11-6-7-11/h8-9,11-12,14,19H,4-7,10H2,1-3H3. The minimum Gasteiger partial charge on any atom is -0.391 e. The van der Waals surface area contributed by atoms with Crippen LogP contribution in [0.15, 0.2) is 12.3 Å². The molecular formula is C15H25N3O2. The molecule has 1 atom stereocenters. The Kier molecular flexibility index (Phi) is 4.81. The third-order valence-corrected chi connectivity index (χ3v) is 4.15. The Morgan fingerprint density at radius 2 is 2.15 bits per heavy atom. The average molecular weight is 279 g/mol. The normalized spacial score (nSPS) is 16.4. The first-order valence-corrected chi connectivity index (χ1v) is 7.55. The van der Waals surface area contributed by atoms with Gasteiger partial charge in [0.2, 0.25) is 0 Å². The Bertz CT molecular complexity index is 450. The lowest BCUT2D eigenvalue weighted by molar-refractivity contribution is 0.0631. The third kappa shape index (κ3) is 3.20. The fourth-order valence-corrected chi connectivity index (χ4v) is 2.60. The molecule has 0 radical (unpaired) electrons. The van der Waals surface area contributed by atoms with E-state index in [-0.39, 0.29) is 11.9 Å². The first-order chi connectivity index (χ1) is 9.58. The highest BCUT2D eigenvalue weighted by atomic mass is 16.3. The van der Waals surface area contributed by atoms with Gasteiger partial charge in [0, 0.05) is 19.8 Å². The van der Waals surface area contributed by atoms with Crippen LogP contribution in [-0.2, 0) is 0 Å². The second-order valence-electron chi connectivity index (χ2n) is 5.72. The van der Waals surface area contributed by atoms with Gasteiger partial charge in [-0.1, -0.05) is 13.8 Å². The summed E-state index contributed by atoms with van der Waals surface area (Å²) >= 11 is 0. The molecule has 1 aliphatic rings. The molecule has 1 fully saturated rings. The molecule has 1 aromatic rings. The van der Waals surface area contributed by atoms with Crippen molar-refractivity contribution in [3.63, 3.8) is 0 Å². The number of aliphatic hydroxyl groups excluding tert-OH is 1. The van der Waals surface area contributed by atoms with Crippen molar-refractivity contribution >= 4 is 5.91 Å². The van der Waals surface area contributed by atoms with E-state index in [9.17, 15) is 9.90 Å². The fraction of sp³-hybridized carbons (Fsp3) is 0.733. The summed E-state index contributed by atoms with van der Waals surface area (Å²) < 4.78 is 1.82. The quantitative estimate of drug-likeness (QED) is 0.831. The van der Waals surface area contributed by atoms with Crippen LogP contribution in [0.1, 0.15) is 56.1 Å². The summed E-state index contributed by atoms with van der Waals surface area (Å²) in [5.41, 5.74) is 0.615. The number of rotatable bonds is 7. The van der Waals surface area contributed by atoms with Gasteiger partial charge in [-0.05, 0) is 37.7 Å². The van der Waals surface area contributed by atoms with Crippen LogP contribution in [-0.4, -0.2) is 45.4 Å². The highest BCUT2D eigenvalue weighted by molar-refractivity contribution is 5.92. The lowest BCUT2D eigenvalue weighted by Gasteiger charge is -2.23. The summed E-state index contributed by atoms with van der Waals surface area (Å²) in [5.74, 6) is 0.322. The van der Waals surface area contributed by atoms with Crippen molar-refractivity contribution in [3.05, 3.63) is 18.0 Å². The Labute approximate surface area is 120 Å². The topological polar surface area (TPSA) is 58.4 Å².